The molecule has 0 unspecified atom stereocenters. The first kappa shape index (κ1) is 14.3. The highest BCUT2D eigenvalue weighted by Gasteiger charge is 2.43. The molecule has 0 aliphatic heterocycles. The summed E-state index contributed by atoms with van der Waals surface area (Å²) in [6.07, 6.45) is 6.04. The fourth-order valence-electron chi connectivity index (χ4n) is 2.30. The van der Waals surface area contributed by atoms with Gasteiger partial charge >= 0.3 is 0 Å². The number of carbonyl (C=O) groups is 1. The van der Waals surface area contributed by atoms with E-state index in [-0.39, 0.29) is 11.3 Å². The first-order valence-corrected chi connectivity index (χ1v) is 8.17. The fraction of sp³-hybridized carbons (Fsp3) is 0.533. The van der Waals surface area contributed by atoms with Gasteiger partial charge in [-0.1, -0.05) is 13.8 Å². The number of carbonyl (C=O) groups excluding carboxylic acids is 1. The molecule has 112 valence electrons. The summed E-state index contributed by atoms with van der Waals surface area (Å²) in [7, 11) is 0. The first-order valence-electron chi connectivity index (χ1n) is 7.29. The molecule has 2 aromatic rings. The maximum absolute atomic E-state index is 12.2. The van der Waals surface area contributed by atoms with Crippen LogP contribution in [-0.4, -0.2) is 27.2 Å². The standard InChI is InChI=1S/C15H20N4OS/c1-11(2)12-8-21-14(18-12)13(20)16-9-15(4-5-15)10-19-7-3-6-17-19/h3,6-8,11H,4-5,9-10H2,1-2H3,(H,16,20). The maximum Gasteiger partial charge on any atom is 0.280 e. The summed E-state index contributed by atoms with van der Waals surface area (Å²) in [6.45, 7) is 5.73. The second-order valence-electron chi connectivity index (χ2n) is 6.12. The Balaban J connectivity index is 1.55. The molecule has 1 amide bonds. The molecular weight excluding hydrogens is 284 g/mol. The SMILES string of the molecule is CC(C)c1csc(C(=O)NCC2(Cn3cccn3)CC2)n1. The van der Waals surface area contributed by atoms with Gasteiger partial charge in [-0.2, -0.15) is 5.10 Å². The molecule has 1 aliphatic rings. The molecule has 1 N–H and O–H groups in total. The molecule has 21 heavy (non-hydrogen) atoms. The molecule has 0 spiro atoms. The molecule has 0 saturated heterocycles. The van der Waals surface area contributed by atoms with Crippen molar-refractivity contribution in [3.8, 4) is 0 Å². The Morgan fingerprint density at radius 2 is 2.33 bits per heavy atom. The van der Waals surface area contributed by atoms with Gasteiger partial charge in [0.2, 0.25) is 0 Å². The molecule has 3 rings (SSSR count). The van der Waals surface area contributed by atoms with Gasteiger partial charge in [0.15, 0.2) is 5.01 Å². The molecule has 1 saturated carbocycles. The van der Waals surface area contributed by atoms with Crippen LogP contribution in [0, 0.1) is 5.41 Å². The third-order valence-corrected chi connectivity index (χ3v) is 4.80. The molecule has 2 heterocycles. The van der Waals surface area contributed by atoms with E-state index in [1.165, 1.54) is 11.3 Å². The van der Waals surface area contributed by atoms with Crippen LogP contribution in [0.3, 0.4) is 0 Å². The number of nitrogens with one attached hydrogen (secondary N) is 1. The van der Waals surface area contributed by atoms with Crippen LogP contribution in [0.2, 0.25) is 0 Å². The number of thiazole rings is 1. The fourth-order valence-corrected chi connectivity index (χ4v) is 3.20. The predicted molar refractivity (Wildman–Crippen MR) is 82.4 cm³/mol. The Morgan fingerprint density at radius 3 is 2.90 bits per heavy atom. The van der Waals surface area contributed by atoms with Crippen molar-refractivity contribution in [3.63, 3.8) is 0 Å². The zero-order valence-corrected chi connectivity index (χ0v) is 13.2. The molecule has 1 fully saturated rings. The van der Waals surface area contributed by atoms with Crippen LogP contribution in [0.15, 0.2) is 23.8 Å². The van der Waals surface area contributed by atoms with Crippen LogP contribution in [0.25, 0.3) is 0 Å². The van der Waals surface area contributed by atoms with Gasteiger partial charge in [-0.25, -0.2) is 4.98 Å². The third kappa shape index (κ3) is 3.32. The van der Waals surface area contributed by atoms with Crippen LogP contribution in [-0.2, 0) is 6.54 Å². The highest BCUT2D eigenvalue weighted by atomic mass is 32.1. The Labute approximate surface area is 128 Å². The van der Waals surface area contributed by atoms with Gasteiger partial charge in [0, 0.05) is 36.3 Å². The highest BCUT2D eigenvalue weighted by molar-refractivity contribution is 7.11. The van der Waals surface area contributed by atoms with E-state index in [1.807, 2.05) is 22.3 Å². The second-order valence-corrected chi connectivity index (χ2v) is 6.98. The normalized spacial score (nSPS) is 16.1. The predicted octanol–water partition coefficient (Wildman–Crippen LogP) is 2.67. The van der Waals surface area contributed by atoms with Crippen LogP contribution in [0.4, 0.5) is 0 Å². The van der Waals surface area contributed by atoms with Gasteiger partial charge in [0.1, 0.15) is 0 Å². The van der Waals surface area contributed by atoms with Gasteiger partial charge in [-0.3, -0.25) is 9.48 Å². The lowest BCUT2D eigenvalue weighted by molar-refractivity contribution is 0.0942. The minimum atomic E-state index is -0.0568. The molecular formula is C15H20N4OS. The Hall–Kier alpha value is -1.69. The number of nitrogens with zero attached hydrogens (tertiary/aromatic N) is 3. The zero-order chi connectivity index (χ0) is 14.9. The molecule has 5 nitrogen and oxygen atoms in total. The second kappa shape index (κ2) is 5.60. The van der Waals surface area contributed by atoms with Crippen molar-refractivity contribution in [1.29, 1.82) is 0 Å². The van der Waals surface area contributed by atoms with Crippen molar-refractivity contribution in [2.45, 2.75) is 39.2 Å². The van der Waals surface area contributed by atoms with E-state index < -0.39 is 0 Å². The summed E-state index contributed by atoms with van der Waals surface area (Å²) in [5, 5.41) is 9.81. The van der Waals surface area contributed by atoms with Crippen LogP contribution in [0.5, 0.6) is 0 Å². The Morgan fingerprint density at radius 1 is 1.52 bits per heavy atom. The maximum atomic E-state index is 12.2. The lowest BCUT2D eigenvalue weighted by Crippen LogP contribution is -2.32. The summed E-state index contributed by atoms with van der Waals surface area (Å²) >= 11 is 1.42. The van der Waals surface area contributed by atoms with E-state index in [4.69, 9.17) is 0 Å². The zero-order valence-electron chi connectivity index (χ0n) is 12.4. The average molecular weight is 304 g/mol. The van der Waals surface area contributed by atoms with E-state index in [0.29, 0.717) is 17.5 Å². The topological polar surface area (TPSA) is 59.8 Å². The van der Waals surface area contributed by atoms with Gasteiger partial charge in [-0.05, 0) is 24.8 Å². The Kier molecular flexibility index (Phi) is 3.80. The molecule has 6 heteroatoms. The van der Waals surface area contributed by atoms with E-state index in [9.17, 15) is 4.79 Å². The molecule has 0 atom stereocenters. The third-order valence-electron chi connectivity index (χ3n) is 3.95. The quantitative estimate of drug-likeness (QED) is 0.892. The van der Waals surface area contributed by atoms with E-state index in [2.05, 4.69) is 29.2 Å². The van der Waals surface area contributed by atoms with Crippen molar-refractivity contribution >= 4 is 17.2 Å². The number of rotatable bonds is 6. The van der Waals surface area contributed by atoms with Crippen molar-refractivity contribution < 1.29 is 4.79 Å². The monoisotopic (exact) mass is 304 g/mol. The number of aromatic nitrogens is 3. The smallest absolute Gasteiger partial charge is 0.280 e. The van der Waals surface area contributed by atoms with Crippen molar-refractivity contribution in [1.82, 2.24) is 20.1 Å². The summed E-state index contributed by atoms with van der Waals surface area (Å²) in [5.41, 5.74) is 1.17. The van der Waals surface area contributed by atoms with Crippen LogP contribution < -0.4 is 5.32 Å². The summed E-state index contributed by atoms with van der Waals surface area (Å²) in [6, 6.07) is 1.93. The summed E-state index contributed by atoms with van der Waals surface area (Å²) in [5.74, 6) is 0.302. The van der Waals surface area contributed by atoms with Gasteiger partial charge in [0.05, 0.1) is 5.69 Å². The largest absolute Gasteiger partial charge is 0.349 e. The number of amides is 1. The Bertz CT molecular complexity index is 613. The molecule has 0 bridgehead atoms. The van der Waals surface area contributed by atoms with Gasteiger partial charge in [0.25, 0.3) is 5.91 Å². The van der Waals surface area contributed by atoms with Crippen molar-refractivity contribution in [3.05, 3.63) is 34.5 Å². The van der Waals surface area contributed by atoms with Gasteiger partial charge < -0.3 is 5.32 Å². The number of hydrogen-bond acceptors (Lipinski definition) is 4. The van der Waals surface area contributed by atoms with Crippen molar-refractivity contribution in [2.24, 2.45) is 5.41 Å². The molecule has 2 aromatic heterocycles. The lowest BCUT2D eigenvalue weighted by atomic mass is 10.1. The van der Waals surface area contributed by atoms with Crippen LogP contribution >= 0.6 is 11.3 Å². The molecule has 1 aliphatic carbocycles. The average Bonchev–Trinajstić information content (AvgIpc) is 2.89. The minimum absolute atomic E-state index is 0.0568. The van der Waals surface area contributed by atoms with Gasteiger partial charge in [-0.15, -0.1) is 11.3 Å². The minimum Gasteiger partial charge on any atom is -0.349 e. The molecule has 0 aromatic carbocycles. The van der Waals surface area contributed by atoms with Crippen LogP contribution in [0.1, 0.15) is 48.1 Å². The summed E-state index contributed by atoms with van der Waals surface area (Å²) in [4.78, 5) is 16.6. The highest BCUT2D eigenvalue weighted by Crippen LogP contribution is 2.46. The lowest BCUT2D eigenvalue weighted by Gasteiger charge is -2.15. The summed E-state index contributed by atoms with van der Waals surface area (Å²) < 4.78 is 1.94. The van der Waals surface area contributed by atoms with Crippen molar-refractivity contribution in [2.75, 3.05) is 6.54 Å². The van der Waals surface area contributed by atoms with E-state index >= 15 is 0 Å². The van der Waals surface area contributed by atoms with E-state index in [0.717, 1.165) is 25.1 Å². The first-order chi connectivity index (χ1) is 10.1. The molecule has 0 radical (unpaired) electrons. The van der Waals surface area contributed by atoms with E-state index in [1.54, 1.807) is 6.20 Å². The number of hydrogen-bond donors (Lipinski definition) is 1.